The molecule has 0 spiro atoms. The molecule has 4 rings (SSSR count). The van der Waals surface area contributed by atoms with Gasteiger partial charge in [-0.05, 0) is 31.5 Å². The summed E-state index contributed by atoms with van der Waals surface area (Å²) in [5, 5.41) is 16.8. The summed E-state index contributed by atoms with van der Waals surface area (Å²) in [6, 6.07) is 7.02. The highest BCUT2D eigenvalue weighted by Crippen LogP contribution is 2.23. The molecular weight excluding hydrogens is 427 g/mol. The zero-order chi connectivity index (χ0) is 21.3. The molecular formula is C20H20Cl2N6O2. The quantitative estimate of drug-likeness (QED) is 0.621. The first kappa shape index (κ1) is 20.4. The third kappa shape index (κ3) is 4.34. The first-order chi connectivity index (χ1) is 14.4. The van der Waals surface area contributed by atoms with Gasteiger partial charge in [0.05, 0.1) is 18.0 Å². The molecule has 0 saturated heterocycles. The SMILES string of the molecule is CCn1cc(C2=NOC(C(=O)Nc3ccn(Cc4ccc(Cl)cc4Cl)n3)C2)c(C)n1. The van der Waals surface area contributed by atoms with Crippen molar-refractivity contribution in [2.75, 3.05) is 5.32 Å². The number of aromatic nitrogens is 4. The molecule has 1 aliphatic heterocycles. The molecule has 0 saturated carbocycles. The maximum atomic E-state index is 12.6. The molecule has 0 radical (unpaired) electrons. The van der Waals surface area contributed by atoms with Gasteiger partial charge in [0.15, 0.2) is 5.82 Å². The number of aryl methyl sites for hydroxylation is 2. The summed E-state index contributed by atoms with van der Waals surface area (Å²) in [5.74, 6) is 0.126. The van der Waals surface area contributed by atoms with E-state index >= 15 is 0 Å². The summed E-state index contributed by atoms with van der Waals surface area (Å²) in [6.45, 7) is 5.15. The van der Waals surface area contributed by atoms with Crippen LogP contribution in [0.3, 0.4) is 0 Å². The lowest BCUT2D eigenvalue weighted by molar-refractivity contribution is -0.125. The highest BCUT2D eigenvalue weighted by Gasteiger charge is 2.30. The lowest BCUT2D eigenvalue weighted by atomic mass is 10.1. The summed E-state index contributed by atoms with van der Waals surface area (Å²) >= 11 is 12.1. The Morgan fingerprint density at radius 3 is 2.83 bits per heavy atom. The minimum absolute atomic E-state index is 0.302. The standard InChI is InChI=1S/C20H20Cl2N6O2/c1-3-27-11-15(12(2)24-27)17-9-18(30-26-17)20(29)23-19-6-7-28(25-19)10-13-4-5-14(21)8-16(13)22/h4-8,11,18H,3,9-10H2,1-2H3,(H,23,25,29). The Hall–Kier alpha value is -2.84. The number of nitrogens with zero attached hydrogens (tertiary/aromatic N) is 5. The van der Waals surface area contributed by atoms with E-state index in [9.17, 15) is 4.79 Å². The smallest absolute Gasteiger partial charge is 0.269 e. The van der Waals surface area contributed by atoms with Crippen LogP contribution in [0, 0.1) is 6.92 Å². The van der Waals surface area contributed by atoms with Crippen LogP contribution < -0.4 is 5.32 Å². The summed E-state index contributed by atoms with van der Waals surface area (Å²) < 4.78 is 3.52. The van der Waals surface area contributed by atoms with Crippen molar-refractivity contribution in [3.63, 3.8) is 0 Å². The molecule has 156 valence electrons. The van der Waals surface area contributed by atoms with Crippen LogP contribution in [0.25, 0.3) is 0 Å². The van der Waals surface area contributed by atoms with Crippen molar-refractivity contribution < 1.29 is 9.63 Å². The highest BCUT2D eigenvalue weighted by molar-refractivity contribution is 6.35. The Balaban J connectivity index is 1.36. The van der Waals surface area contributed by atoms with Crippen molar-refractivity contribution in [2.24, 2.45) is 5.16 Å². The number of rotatable bonds is 6. The van der Waals surface area contributed by atoms with E-state index in [1.54, 1.807) is 29.1 Å². The van der Waals surface area contributed by atoms with E-state index in [4.69, 9.17) is 28.0 Å². The fourth-order valence-electron chi connectivity index (χ4n) is 3.19. The summed E-state index contributed by atoms with van der Waals surface area (Å²) in [5.41, 5.74) is 3.36. The van der Waals surface area contributed by atoms with Crippen molar-refractivity contribution in [1.29, 1.82) is 0 Å². The summed E-state index contributed by atoms with van der Waals surface area (Å²) in [4.78, 5) is 17.9. The number of hydrogen-bond donors (Lipinski definition) is 1. The second-order valence-corrected chi connectivity index (χ2v) is 7.79. The summed E-state index contributed by atoms with van der Waals surface area (Å²) in [7, 11) is 0. The monoisotopic (exact) mass is 446 g/mol. The number of oxime groups is 1. The minimum atomic E-state index is -0.708. The molecule has 1 aliphatic rings. The van der Waals surface area contributed by atoms with Gasteiger partial charge in [0.25, 0.3) is 5.91 Å². The molecule has 8 nitrogen and oxygen atoms in total. The number of carbonyl (C=O) groups is 1. The third-order valence-corrected chi connectivity index (χ3v) is 5.37. The number of halogens is 2. The van der Waals surface area contributed by atoms with Gasteiger partial charge in [-0.25, -0.2) is 0 Å². The van der Waals surface area contributed by atoms with E-state index in [2.05, 4.69) is 20.7 Å². The van der Waals surface area contributed by atoms with Crippen LogP contribution in [0.2, 0.25) is 10.0 Å². The molecule has 10 heteroatoms. The Morgan fingerprint density at radius 2 is 2.10 bits per heavy atom. The van der Waals surface area contributed by atoms with Crippen molar-refractivity contribution in [2.45, 2.75) is 39.5 Å². The van der Waals surface area contributed by atoms with Crippen LogP contribution in [0.5, 0.6) is 0 Å². The molecule has 0 bridgehead atoms. The number of amides is 1. The molecule has 1 aromatic carbocycles. The molecule has 1 N–H and O–H groups in total. The van der Waals surface area contributed by atoms with Crippen molar-refractivity contribution in [1.82, 2.24) is 19.6 Å². The largest absolute Gasteiger partial charge is 0.382 e. The maximum Gasteiger partial charge on any atom is 0.269 e. The molecule has 2 aromatic heterocycles. The van der Waals surface area contributed by atoms with E-state index in [1.807, 2.05) is 30.8 Å². The van der Waals surface area contributed by atoms with Gasteiger partial charge in [-0.1, -0.05) is 34.4 Å². The molecule has 30 heavy (non-hydrogen) atoms. The molecule has 0 fully saturated rings. The number of benzene rings is 1. The molecule has 1 atom stereocenters. The first-order valence-corrected chi connectivity index (χ1v) is 10.2. The van der Waals surface area contributed by atoms with Crippen molar-refractivity contribution >= 4 is 40.6 Å². The second-order valence-electron chi connectivity index (χ2n) is 6.94. The number of nitrogens with one attached hydrogen (secondary N) is 1. The number of anilines is 1. The zero-order valence-corrected chi connectivity index (χ0v) is 18.0. The maximum absolute atomic E-state index is 12.6. The molecule has 3 aromatic rings. The van der Waals surface area contributed by atoms with Gasteiger partial charge in [0, 0.05) is 47.0 Å². The molecule has 1 unspecified atom stereocenters. The Morgan fingerprint density at radius 1 is 1.27 bits per heavy atom. The molecule has 1 amide bonds. The fraction of sp³-hybridized carbons (Fsp3) is 0.300. The summed E-state index contributed by atoms with van der Waals surface area (Å²) in [6.07, 6.45) is 3.35. The Labute approximate surface area is 183 Å². The lowest BCUT2D eigenvalue weighted by Gasteiger charge is -2.08. The van der Waals surface area contributed by atoms with E-state index in [1.165, 1.54) is 0 Å². The van der Waals surface area contributed by atoms with Crippen LogP contribution in [-0.2, 0) is 22.7 Å². The average molecular weight is 447 g/mol. The minimum Gasteiger partial charge on any atom is -0.382 e. The van der Waals surface area contributed by atoms with Crippen LogP contribution in [0.1, 0.15) is 30.2 Å². The number of carbonyl (C=O) groups excluding carboxylic acids is 1. The van der Waals surface area contributed by atoms with Crippen LogP contribution in [-0.4, -0.2) is 37.3 Å². The van der Waals surface area contributed by atoms with E-state index in [-0.39, 0.29) is 5.91 Å². The van der Waals surface area contributed by atoms with E-state index in [0.717, 1.165) is 29.1 Å². The van der Waals surface area contributed by atoms with E-state index in [0.29, 0.717) is 28.8 Å². The average Bonchev–Trinajstić information content (AvgIpc) is 3.43. The van der Waals surface area contributed by atoms with Gasteiger partial charge in [-0.3, -0.25) is 14.2 Å². The van der Waals surface area contributed by atoms with Gasteiger partial charge in [0.2, 0.25) is 6.10 Å². The fourth-order valence-corrected chi connectivity index (χ4v) is 3.66. The van der Waals surface area contributed by atoms with Gasteiger partial charge in [-0.2, -0.15) is 10.2 Å². The van der Waals surface area contributed by atoms with Gasteiger partial charge in [-0.15, -0.1) is 0 Å². The van der Waals surface area contributed by atoms with Gasteiger partial charge >= 0.3 is 0 Å². The lowest BCUT2D eigenvalue weighted by Crippen LogP contribution is -2.28. The topological polar surface area (TPSA) is 86.3 Å². The Bertz CT molecular complexity index is 1120. The van der Waals surface area contributed by atoms with Crippen LogP contribution in [0.15, 0.2) is 41.8 Å². The number of hydrogen-bond acceptors (Lipinski definition) is 5. The molecule has 3 heterocycles. The van der Waals surface area contributed by atoms with Gasteiger partial charge < -0.3 is 10.2 Å². The predicted molar refractivity (Wildman–Crippen MR) is 115 cm³/mol. The van der Waals surface area contributed by atoms with Crippen molar-refractivity contribution in [3.8, 4) is 0 Å². The first-order valence-electron chi connectivity index (χ1n) is 9.48. The Kier molecular flexibility index (Phi) is 5.78. The predicted octanol–water partition coefficient (Wildman–Crippen LogP) is 3.89. The van der Waals surface area contributed by atoms with E-state index < -0.39 is 6.10 Å². The van der Waals surface area contributed by atoms with Crippen LogP contribution >= 0.6 is 23.2 Å². The van der Waals surface area contributed by atoms with Gasteiger partial charge in [0.1, 0.15) is 0 Å². The normalized spacial score (nSPS) is 15.7. The zero-order valence-electron chi connectivity index (χ0n) is 16.5. The second kappa shape index (κ2) is 8.49. The van der Waals surface area contributed by atoms with Crippen LogP contribution in [0.4, 0.5) is 5.82 Å². The van der Waals surface area contributed by atoms with Crippen molar-refractivity contribution in [3.05, 3.63) is 63.5 Å². The highest BCUT2D eigenvalue weighted by atomic mass is 35.5. The molecule has 0 aliphatic carbocycles. The third-order valence-electron chi connectivity index (χ3n) is 4.78.